The van der Waals surface area contributed by atoms with E-state index < -0.39 is 17.9 Å². The van der Waals surface area contributed by atoms with Gasteiger partial charge in [-0.1, -0.05) is 6.58 Å². The maximum absolute atomic E-state index is 12.5. The van der Waals surface area contributed by atoms with Crippen LogP contribution in [0.1, 0.15) is 47.2 Å². The highest BCUT2D eigenvalue weighted by molar-refractivity contribution is 5.92. The molecule has 1 saturated carbocycles. The van der Waals surface area contributed by atoms with E-state index in [1.165, 1.54) is 0 Å². The summed E-state index contributed by atoms with van der Waals surface area (Å²) in [5.74, 6) is -1.65. The Labute approximate surface area is 157 Å². The summed E-state index contributed by atoms with van der Waals surface area (Å²) in [6, 6.07) is 3.24. The predicted octanol–water partition coefficient (Wildman–Crippen LogP) is 3.17. The molecule has 1 fully saturated rings. The van der Waals surface area contributed by atoms with E-state index in [1.54, 1.807) is 26.0 Å². The van der Waals surface area contributed by atoms with Gasteiger partial charge in [0.2, 0.25) is 6.79 Å². The van der Waals surface area contributed by atoms with Gasteiger partial charge in [0.15, 0.2) is 0 Å². The van der Waals surface area contributed by atoms with E-state index >= 15 is 0 Å². The van der Waals surface area contributed by atoms with Gasteiger partial charge in [0.05, 0.1) is 11.5 Å². The van der Waals surface area contributed by atoms with Crippen LogP contribution in [0.15, 0.2) is 24.8 Å². The van der Waals surface area contributed by atoms with Crippen molar-refractivity contribution in [3.63, 3.8) is 0 Å². The first kappa shape index (κ1) is 20.5. The van der Waals surface area contributed by atoms with Crippen molar-refractivity contribution in [3.8, 4) is 5.75 Å². The van der Waals surface area contributed by atoms with Crippen molar-refractivity contribution >= 4 is 17.9 Å². The predicted molar refractivity (Wildman–Crippen MR) is 96.5 cm³/mol. The third-order valence-corrected chi connectivity index (χ3v) is 4.84. The molecular formula is C20H24O7. The van der Waals surface area contributed by atoms with E-state index in [4.69, 9.17) is 19.3 Å². The highest BCUT2D eigenvalue weighted by Gasteiger charge is 2.28. The number of hydrogen-bond acceptors (Lipinski definition) is 6. The number of carboxylic acids is 1. The Balaban J connectivity index is 1.96. The molecule has 7 nitrogen and oxygen atoms in total. The highest BCUT2D eigenvalue weighted by Crippen LogP contribution is 2.29. The van der Waals surface area contributed by atoms with Gasteiger partial charge in [0.25, 0.3) is 0 Å². The number of carbonyl (C=O) groups excluding carboxylic acids is 2. The Morgan fingerprint density at radius 3 is 2.41 bits per heavy atom. The van der Waals surface area contributed by atoms with Crippen LogP contribution in [0.5, 0.6) is 5.75 Å². The molecule has 1 N–H and O–H groups in total. The molecule has 0 amide bonds. The second kappa shape index (κ2) is 9.21. The zero-order chi connectivity index (χ0) is 20.0. The van der Waals surface area contributed by atoms with Crippen LogP contribution >= 0.6 is 0 Å². The largest absolute Gasteiger partial charge is 0.481 e. The van der Waals surface area contributed by atoms with E-state index in [0.717, 1.165) is 11.6 Å². The molecular weight excluding hydrogens is 352 g/mol. The minimum Gasteiger partial charge on any atom is -0.481 e. The van der Waals surface area contributed by atoms with Crippen LogP contribution in [0.25, 0.3) is 0 Å². The Morgan fingerprint density at radius 2 is 1.81 bits per heavy atom. The minimum atomic E-state index is -0.791. The molecule has 0 aromatic heterocycles. The van der Waals surface area contributed by atoms with Crippen LogP contribution in [0.2, 0.25) is 0 Å². The van der Waals surface area contributed by atoms with Crippen molar-refractivity contribution in [1.82, 2.24) is 0 Å². The number of carbonyl (C=O) groups is 3. The number of esters is 2. The van der Waals surface area contributed by atoms with E-state index in [2.05, 4.69) is 6.58 Å². The summed E-state index contributed by atoms with van der Waals surface area (Å²) in [7, 11) is 0. The van der Waals surface area contributed by atoms with Crippen LogP contribution in [-0.2, 0) is 19.1 Å². The first-order valence-electron chi connectivity index (χ1n) is 8.79. The number of rotatable bonds is 7. The zero-order valence-electron chi connectivity index (χ0n) is 15.5. The van der Waals surface area contributed by atoms with Crippen molar-refractivity contribution in [3.05, 3.63) is 41.5 Å². The molecule has 1 aromatic rings. The van der Waals surface area contributed by atoms with Crippen LogP contribution in [0.4, 0.5) is 0 Å². The number of ether oxygens (including phenoxy) is 3. The van der Waals surface area contributed by atoms with Crippen LogP contribution in [-0.4, -0.2) is 35.9 Å². The molecule has 0 spiro atoms. The summed E-state index contributed by atoms with van der Waals surface area (Å²) in [6.07, 6.45) is 2.92. The quantitative estimate of drug-likeness (QED) is 0.443. The molecule has 0 radical (unpaired) electrons. The first-order valence-corrected chi connectivity index (χ1v) is 8.79. The third-order valence-electron chi connectivity index (χ3n) is 4.84. The molecule has 0 unspecified atom stereocenters. The van der Waals surface area contributed by atoms with Crippen molar-refractivity contribution in [2.45, 2.75) is 45.6 Å². The Bertz CT molecular complexity index is 730. The summed E-state index contributed by atoms with van der Waals surface area (Å²) in [4.78, 5) is 34.5. The number of carboxylic acid groups (broad SMARTS) is 1. The highest BCUT2D eigenvalue weighted by atomic mass is 16.7. The van der Waals surface area contributed by atoms with Crippen molar-refractivity contribution in [1.29, 1.82) is 0 Å². The topological polar surface area (TPSA) is 99.1 Å². The fourth-order valence-corrected chi connectivity index (χ4v) is 3.03. The van der Waals surface area contributed by atoms with Crippen molar-refractivity contribution in [2.24, 2.45) is 5.92 Å². The van der Waals surface area contributed by atoms with Gasteiger partial charge in [-0.2, -0.15) is 0 Å². The van der Waals surface area contributed by atoms with Gasteiger partial charge in [0.1, 0.15) is 11.9 Å². The van der Waals surface area contributed by atoms with Crippen LogP contribution in [0.3, 0.4) is 0 Å². The molecule has 0 atom stereocenters. The van der Waals surface area contributed by atoms with Crippen LogP contribution < -0.4 is 4.74 Å². The summed E-state index contributed by atoms with van der Waals surface area (Å²) in [6.45, 7) is 6.64. The minimum absolute atomic E-state index is 0.248. The van der Waals surface area contributed by atoms with Gasteiger partial charge in [-0.25, -0.2) is 9.59 Å². The Kier molecular flexibility index (Phi) is 6.98. The molecule has 0 heterocycles. The smallest absolute Gasteiger partial charge is 0.338 e. The molecule has 7 heteroatoms. The maximum atomic E-state index is 12.5. The maximum Gasteiger partial charge on any atom is 0.338 e. The zero-order valence-corrected chi connectivity index (χ0v) is 15.5. The number of hydrogen-bond donors (Lipinski definition) is 1. The van der Waals surface area contributed by atoms with Gasteiger partial charge in [0, 0.05) is 6.08 Å². The van der Waals surface area contributed by atoms with Gasteiger partial charge in [-0.05, 0) is 62.8 Å². The molecule has 1 aliphatic carbocycles. The van der Waals surface area contributed by atoms with E-state index in [9.17, 15) is 14.4 Å². The lowest BCUT2D eigenvalue weighted by atomic mass is 9.87. The lowest BCUT2D eigenvalue weighted by Crippen LogP contribution is -2.28. The van der Waals surface area contributed by atoms with Crippen LogP contribution in [0, 0.1) is 19.8 Å². The normalized spacial score (nSPS) is 19.0. The summed E-state index contributed by atoms with van der Waals surface area (Å²) >= 11 is 0. The SMILES string of the molecule is C=CC(=O)OCOc1ccc(C(=O)OC2CCC(C(=O)O)CC2)c(C)c1C. The average Bonchev–Trinajstić information content (AvgIpc) is 2.65. The fraction of sp³-hybridized carbons (Fsp3) is 0.450. The summed E-state index contributed by atoms with van der Waals surface area (Å²) < 4.78 is 15.7. The lowest BCUT2D eigenvalue weighted by Gasteiger charge is -2.26. The molecule has 0 bridgehead atoms. The van der Waals surface area contributed by atoms with E-state index in [0.29, 0.717) is 42.6 Å². The third kappa shape index (κ3) is 5.32. The van der Waals surface area contributed by atoms with Crippen molar-refractivity contribution in [2.75, 3.05) is 6.79 Å². The second-order valence-electron chi connectivity index (χ2n) is 6.51. The summed E-state index contributed by atoms with van der Waals surface area (Å²) in [5.41, 5.74) is 1.89. The first-order chi connectivity index (χ1) is 12.8. The van der Waals surface area contributed by atoms with Gasteiger partial charge >= 0.3 is 17.9 Å². The Hall–Kier alpha value is -2.83. The molecule has 0 saturated heterocycles. The molecule has 1 aromatic carbocycles. The molecule has 0 aliphatic heterocycles. The Morgan fingerprint density at radius 1 is 1.15 bits per heavy atom. The van der Waals surface area contributed by atoms with Gasteiger partial charge in [-0.15, -0.1) is 0 Å². The standard InChI is InChI=1S/C20H24O7/c1-4-18(21)26-11-25-17-10-9-16(12(2)13(17)3)20(24)27-15-7-5-14(6-8-15)19(22)23/h4,9-10,14-15H,1,5-8,11H2,2-3H3,(H,22,23). The van der Waals surface area contributed by atoms with Crippen molar-refractivity contribution < 1.29 is 33.7 Å². The van der Waals surface area contributed by atoms with E-state index in [-0.39, 0.29) is 18.8 Å². The average molecular weight is 376 g/mol. The molecule has 27 heavy (non-hydrogen) atoms. The van der Waals surface area contributed by atoms with E-state index in [1.807, 2.05) is 0 Å². The fourth-order valence-electron chi connectivity index (χ4n) is 3.03. The molecule has 2 rings (SSSR count). The number of benzene rings is 1. The monoisotopic (exact) mass is 376 g/mol. The lowest BCUT2D eigenvalue weighted by molar-refractivity contribution is -0.144. The molecule has 1 aliphatic rings. The van der Waals surface area contributed by atoms with Gasteiger partial charge < -0.3 is 19.3 Å². The number of aliphatic carboxylic acids is 1. The van der Waals surface area contributed by atoms with Gasteiger partial charge in [-0.3, -0.25) is 4.79 Å². The molecule has 146 valence electrons. The summed E-state index contributed by atoms with van der Waals surface area (Å²) in [5, 5.41) is 9.03. The second-order valence-corrected chi connectivity index (χ2v) is 6.51.